The Morgan fingerprint density at radius 3 is 2.43 bits per heavy atom. The number of hydrogen-bond donors (Lipinski definition) is 0. The highest BCUT2D eigenvalue weighted by atomic mass is 16.7. The van der Waals surface area contributed by atoms with Gasteiger partial charge in [-0.25, -0.2) is 9.48 Å². The van der Waals surface area contributed by atoms with E-state index >= 15 is 0 Å². The van der Waals surface area contributed by atoms with Crippen LogP contribution in [0.1, 0.15) is 36.3 Å². The zero-order valence-corrected chi connectivity index (χ0v) is 17.4. The third kappa shape index (κ3) is 4.09. The van der Waals surface area contributed by atoms with Gasteiger partial charge >= 0.3 is 5.97 Å². The molecule has 1 fully saturated rings. The van der Waals surface area contributed by atoms with E-state index in [9.17, 15) is 4.79 Å². The maximum absolute atomic E-state index is 12.7. The van der Waals surface area contributed by atoms with Gasteiger partial charge in [0.05, 0.1) is 23.0 Å². The molecule has 1 aromatic heterocycles. The number of aromatic nitrogens is 2. The molecule has 0 aliphatic carbocycles. The molecule has 1 aliphatic heterocycles. The Morgan fingerprint density at radius 2 is 1.77 bits per heavy atom. The first-order chi connectivity index (χ1) is 14.6. The summed E-state index contributed by atoms with van der Waals surface area (Å²) < 4.78 is 20.0. The molecule has 1 aliphatic rings. The summed E-state index contributed by atoms with van der Waals surface area (Å²) in [6, 6.07) is 20.6. The molecule has 30 heavy (non-hydrogen) atoms. The van der Waals surface area contributed by atoms with E-state index in [-0.39, 0.29) is 18.0 Å². The van der Waals surface area contributed by atoms with Gasteiger partial charge in [0.2, 0.25) is 12.2 Å². The second-order valence-corrected chi connectivity index (χ2v) is 7.54. The van der Waals surface area contributed by atoms with E-state index in [1.807, 2.05) is 68.4 Å². The highest BCUT2D eigenvalue weighted by molar-refractivity contribution is 5.89. The van der Waals surface area contributed by atoms with Crippen molar-refractivity contribution in [2.75, 3.05) is 0 Å². The number of nitrogens with zero attached hydrogens (tertiary/aromatic N) is 2. The van der Waals surface area contributed by atoms with Crippen LogP contribution in [-0.4, -0.2) is 34.2 Å². The van der Waals surface area contributed by atoms with Crippen LogP contribution in [0.2, 0.25) is 0 Å². The van der Waals surface area contributed by atoms with E-state index in [1.165, 1.54) is 0 Å². The number of benzene rings is 2. The van der Waals surface area contributed by atoms with Crippen LogP contribution in [-0.2, 0) is 9.47 Å². The van der Waals surface area contributed by atoms with E-state index < -0.39 is 12.4 Å². The number of carbonyl (C=O) groups is 1. The number of rotatable bonds is 6. The van der Waals surface area contributed by atoms with Gasteiger partial charge < -0.3 is 14.2 Å². The normalized spacial score (nSPS) is 23.3. The van der Waals surface area contributed by atoms with Crippen LogP contribution in [0.4, 0.5) is 0 Å². The van der Waals surface area contributed by atoms with Gasteiger partial charge in [-0.15, -0.1) is 0 Å². The highest BCUT2D eigenvalue weighted by Gasteiger charge is 2.45. The number of aryl methyl sites for hydroxylation is 1. The van der Waals surface area contributed by atoms with E-state index in [4.69, 9.17) is 14.2 Å². The van der Waals surface area contributed by atoms with E-state index in [0.717, 1.165) is 17.8 Å². The Morgan fingerprint density at radius 1 is 1.10 bits per heavy atom. The van der Waals surface area contributed by atoms with Crippen LogP contribution in [0.3, 0.4) is 0 Å². The predicted molar refractivity (Wildman–Crippen MR) is 113 cm³/mol. The van der Waals surface area contributed by atoms with Crippen LogP contribution in [0.25, 0.3) is 5.69 Å². The van der Waals surface area contributed by atoms with E-state index in [0.29, 0.717) is 11.4 Å². The summed E-state index contributed by atoms with van der Waals surface area (Å²) in [7, 11) is 0. The second-order valence-electron chi connectivity index (χ2n) is 7.54. The van der Waals surface area contributed by atoms with Crippen molar-refractivity contribution in [1.82, 2.24) is 9.78 Å². The number of ether oxygens (including phenoxy) is 3. The van der Waals surface area contributed by atoms with Crippen LogP contribution in [0.5, 0.6) is 5.88 Å². The number of carbonyl (C=O) groups excluding carboxylic acids is 1. The first-order valence-corrected chi connectivity index (χ1v) is 10.3. The summed E-state index contributed by atoms with van der Waals surface area (Å²) in [5, 5.41) is 4.54. The molecule has 4 atom stereocenters. The molecule has 4 rings (SSSR count). The molecule has 156 valence electrons. The fourth-order valence-corrected chi connectivity index (χ4v) is 3.76. The van der Waals surface area contributed by atoms with Gasteiger partial charge in [-0.3, -0.25) is 0 Å². The van der Waals surface area contributed by atoms with Gasteiger partial charge in [-0.2, -0.15) is 5.10 Å². The summed E-state index contributed by atoms with van der Waals surface area (Å²) in [6.07, 6.45) is -0.492. The molecular weight excluding hydrogens is 380 g/mol. The number of para-hydroxylation sites is 1. The minimum absolute atomic E-state index is 0.00172. The van der Waals surface area contributed by atoms with Gasteiger partial charge in [0.25, 0.3) is 0 Å². The Kier molecular flexibility index (Phi) is 5.86. The molecule has 2 aromatic carbocycles. The molecule has 0 spiro atoms. The van der Waals surface area contributed by atoms with Gasteiger partial charge in [0.1, 0.15) is 0 Å². The van der Waals surface area contributed by atoms with E-state index in [1.54, 1.807) is 16.8 Å². The lowest BCUT2D eigenvalue weighted by Crippen LogP contribution is -2.35. The average molecular weight is 406 g/mol. The summed E-state index contributed by atoms with van der Waals surface area (Å²) in [6.45, 7) is 5.99. The lowest BCUT2D eigenvalue weighted by Gasteiger charge is -2.22. The molecule has 6 heteroatoms. The van der Waals surface area contributed by atoms with E-state index in [2.05, 4.69) is 12.0 Å². The van der Waals surface area contributed by atoms with Crippen molar-refractivity contribution in [3.05, 3.63) is 78.0 Å². The summed E-state index contributed by atoms with van der Waals surface area (Å²) >= 11 is 0. The zero-order chi connectivity index (χ0) is 21.1. The molecule has 0 bridgehead atoms. The summed E-state index contributed by atoms with van der Waals surface area (Å²) in [4.78, 5) is 12.7. The lowest BCUT2D eigenvalue weighted by atomic mass is 9.99. The molecular formula is C24H26N2O4. The fraction of sp³-hybridized carbons (Fsp3) is 0.333. The standard InChI is InChI=1S/C24H26N2O4/c1-4-20-17(3)22(30-23(27)18-11-7-5-8-12-18)24(28-20)29-21-15-16(2)25-26(21)19-13-9-6-10-14-19/h5-15,17,20,22,24H,4H2,1-3H3/t17-,20-,22-,24?/m1/s1. The molecule has 2 heterocycles. The monoisotopic (exact) mass is 406 g/mol. The zero-order valence-electron chi connectivity index (χ0n) is 17.4. The number of hydrogen-bond acceptors (Lipinski definition) is 5. The fourth-order valence-electron chi connectivity index (χ4n) is 3.76. The van der Waals surface area contributed by atoms with Crippen LogP contribution in [0.15, 0.2) is 66.7 Å². The van der Waals surface area contributed by atoms with Crippen molar-refractivity contribution in [2.24, 2.45) is 5.92 Å². The first kappa shape index (κ1) is 20.2. The maximum Gasteiger partial charge on any atom is 0.338 e. The number of esters is 1. The minimum atomic E-state index is -0.712. The largest absolute Gasteiger partial charge is 0.452 e. The molecule has 1 unspecified atom stereocenters. The summed E-state index contributed by atoms with van der Waals surface area (Å²) in [5.74, 6) is 0.171. The third-order valence-electron chi connectivity index (χ3n) is 5.37. The minimum Gasteiger partial charge on any atom is -0.452 e. The second kappa shape index (κ2) is 8.71. The molecule has 0 radical (unpaired) electrons. The third-order valence-corrected chi connectivity index (χ3v) is 5.37. The first-order valence-electron chi connectivity index (χ1n) is 10.3. The quantitative estimate of drug-likeness (QED) is 0.562. The molecule has 0 amide bonds. The van der Waals surface area contributed by atoms with Crippen molar-refractivity contribution < 1.29 is 19.0 Å². The highest BCUT2D eigenvalue weighted by Crippen LogP contribution is 2.34. The molecule has 1 saturated heterocycles. The Balaban J connectivity index is 1.58. The SMILES string of the molecule is CC[C@H]1OC(Oc2cc(C)nn2-c2ccccc2)[C@H](OC(=O)c2ccccc2)[C@@H]1C. The van der Waals surface area contributed by atoms with Crippen LogP contribution >= 0.6 is 0 Å². The average Bonchev–Trinajstić information content (AvgIpc) is 3.29. The maximum atomic E-state index is 12.7. The predicted octanol–water partition coefficient (Wildman–Crippen LogP) is 4.56. The van der Waals surface area contributed by atoms with Gasteiger partial charge in [0, 0.05) is 12.0 Å². The Labute approximate surface area is 176 Å². The van der Waals surface area contributed by atoms with Crippen molar-refractivity contribution in [3.63, 3.8) is 0 Å². The molecule has 3 aromatic rings. The van der Waals surface area contributed by atoms with Crippen LogP contribution < -0.4 is 4.74 Å². The molecule has 6 nitrogen and oxygen atoms in total. The molecule has 0 N–H and O–H groups in total. The van der Waals surface area contributed by atoms with Crippen molar-refractivity contribution in [2.45, 2.75) is 45.7 Å². The van der Waals surface area contributed by atoms with Crippen molar-refractivity contribution >= 4 is 5.97 Å². The topological polar surface area (TPSA) is 62.6 Å². The Bertz CT molecular complexity index is 987. The van der Waals surface area contributed by atoms with Crippen molar-refractivity contribution in [1.29, 1.82) is 0 Å². The van der Waals surface area contributed by atoms with Crippen molar-refractivity contribution in [3.8, 4) is 11.6 Å². The summed E-state index contributed by atoms with van der Waals surface area (Å²) in [5.41, 5.74) is 2.22. The lowest BCUT2D eigenvalue weighted by molar-refractivity contribution is -0.116. The van der Waals surface area contributed by atoms with Gasteiger partial charge in [0.15, 0.2) is 6.10 Å². The van der Waals surface area contributed by atoms with Crippen LogP contribution in [0, 0.1) is 12.8 Å². The Hall–Kier alpha value is -3.12. The van der Waals surface area contributed by atoms with Gasteiger partial charge in [-0.1, -0.05) is 50.2 Å². The van der Waals surface area contributed by atoms with Gasteiger partial charge in [-0.05, 0) is 37.6 Å². The molecule has 0 saturated carbocycles. The smallest absolute Gasteiger partial charge is 0.338 e.